The van der Waals surface area contributed by atoms with Gasteiger partial charge in [0, 0.05) is 31.8 Å². The lowest BCUT2D eigenvalue weighted by Crippen LogP contribution is -2.23. The van der Waals surface area contributed by atoms with Crippen molar-refractivity contribution in [2.75, 3.05) is 14.1 Å². The number of hydrogen-bond donors (Lipinski definition) is 0. The van der Waals surface area contributed by atoms with E-state index in [1.807, 2.05) is 0 Å². The Balaban J connectivity index is 2.52. The zero-order chi connectivity index (χ0) is 19.0. The van der Waals surface area contributed by atoms with Gasteiger partial charge >= 0.3 is 12.4 Å². The van der Waals surface area contributed by atoms with Crippen LogP contribution in [0.5, 0.6) is 0 Å². The van der Waals surface area contributed by atoms with Crippen LogP contribution in [0.25, 0.3) is 0 Å². The minimum absolute atomic E-state index is 0.0768. The van der Waals surface area contributed by atoms with E-state index in [-0.39, 0.29) is 18.1 Å². The van der Waals surface area contributed by atoms with Gasteiger partial charge in [0.1, 0.15) is 0 Å². The van der Waals surface area contributed by atoms with Gasteiger partial charge in [0.2, 0.25) is 0 Å². The van der Waals surface area contributed by atoms with E-state index in [9.17, 15) is 31.1 Å². The molecule has 1 aliphatic carbocycles. The molecule has 1 atom stereocenters. The Bertz CT molecular complexity index is 655. The minimum Gasteiger partial charge on any atom is -0.383 e. The van der Waals surface area contributed by atoms with Crippen molar-refractivity contribution in [2.24, 2.45) is 0 Å². The van der Waals surface area contributed by atoms with E-state index in [1.54, 1.807) is 25.2 Å². The monoisotopic (exact) mass is 365 g/mol. The molecule has 2 nitrogen and oxygen atoms in total. The molecule has 8 heteroatoms. The number of allylic oxidation sites excluding steroid dienone is 1. The van der Waals surface area contributed by atoms with Crippen molar-refractivity contribution >= 4 is 5.78 Å². The largest absolute Gasteiger partial charge is 0.416 e. The molecular formula is C17H17F6NO. The number of Topliss-reactive ketones (excluding diaryl/α,β-unsaturated/α-hetero) is 1. The number of halogens is 6. The normalized spacial score (nSPS) is 20.9. The Labute approximate surface area is 141 Å². The SMILES string of the molecule is CN(C)C=C1CCCC(c2cc(C(F)(F)F)cc(C(F)(F)F)c2)C1=O. The van der Waals surface area contributed by atoms with Crippen LogP contribution in [-0.2, 0) is 17.1 Å². The summed E-state index contributed by atoms with van der Waals surface area (Å²) in [7, 11) is 3.38. The van der Waals surface area contributed by atoms with Crippen LogP contribution >= 0.6 is 0 Å². The first-order valence-corrected chi connectivity index (χ1v) is 7.60. The van der Waals surface area contributed by atoms with Crippen molar-refractivity contribution in [2.45, 2.75) is 37.5 Å². The number of benzene rings is 1. The van der Waals surface area contributed by atoms with E-state index in [4.69, 9.17) is 0 Å². The van der Waals surface area contributed by atoms with Crippen molar-refractivity contribution in [1.82, 2.24) is 4.90 Å². The molecular weight excluding hydrogens is 348 g/mol. The number of carbonyl (C=O) groups is 1. The summed E-state index contributed by atoms with van der Waals surface area (Å²) in [6.07, 6.45) is -7.08. The van der Waals surface area contributed by atoms with Crippen molar-refractivity contribution in [3.63, 3.8) is 0 Å². The Hall–Kier alpha value is -1.99. The van der Waals surface area contributed by atoms with Crippen molar-refractivity contribution in [1.29, 1.82) is 0 Å². The number of rotatable bonds is 2. The summed E-state index contributed by atoms with van der Waals surface area (Å²) in [4.78, 5) is 14.2. The molecule has 0 saturated heterocycles. The van der Waals surface area contributed by atoms with Crippen LogP contribution in [-0.4, -0.2) is 24.8 Å². The van der Waals surface area contributed by atoms with Gasteiger partial charge in [0.25, 0.3) is 0 Å². The molecule has 0 aromatic heterocycles. The van der Waals surface area contributed by atoms with Gasteiger partial charge in [0.15, 0.2) is 5.78 Å². The number of nitrogens with zero attached hydrogens (tertiary/aromatic N) is 1. The molecule has 1 aromatic carbocycles. The number of carbonyl (C=O) groups excluding carboxylic acids is 1. The summed E-state index contributed by atoms with van der Waals surface area (Å²) < 4.78 is 77.9. The fourth-order valence-corrected chi connectivity index (χ4v) is 2.91. The highest BCUT2D eigenvalue weighted by Crippen LogP contribution is 2.40. The van der Waals surface area contributed by atoms with Crippen molar-refractivity contribution in [3.8, 4) is 0 Å². The summed E-state index contributed by atoms with van der Waals surface area (Å²) in [5, 5.41) is 0. The molecule has 0 N–H and O–H groups in total. The van der Waals surface area contributed by atoms with Gasteiger partial charge in [-0.05, 0) is 43.0 Å². The lowest BCUT2D eigenvalue weighted by molar-refractivity contribution is -0.143. The second-order valence-corrected chi connectivity index (χ2v) is 6.27. The maximum atomic E-state index is 13.0. The topological polar surface area (TPSA) is 20.3 Å². The molecule has 0 spiro atoms. The molecule has 1 saturated carbocycles. The van der Waals surface area contributed by atoms with Gasteiger partial charge in [-0.2, -0.15) is 26.3 Å². The summed E-state index contributed by atoms with van der Waals surface area (Å²) in [6, 6.07) is 1.38. The van der Waals surface area contributed by atoms with Crippen LogP contribution in [0.15, 0.2) is 30.0 Å². The van der Waals surface area contributed by atoms with Crippen LogP contribution < -0.4 is 0 Å². The molecule has 0 bridgehead atoms. The van der Waals surface area contributed by atoms with Gasteiger partial charge < -0.3 is 4.90 Å². The summed E-state index contributed by atoms with van der Waals surface area (Å²) in [5.41, 5.74) is -2.62. The lowest BCUT2D eigenvalue weighted by atomic mass is 9.79. The van der Waals surface area contributed by atoms with Crippen molar-refractivity contribution < 1.29 is 31.1 Å². The first kappa shape index (κ1) is 19.3. The Kier molecular flexibility index (Phi) is 5.20. The van der Waals surface area contributed by atoms with E-state index in [1.165, 1.54) is 0 Å². The Morgan fingerprint density at radius 2 is 1.52 bits per heavy atom. The van der Waals surface area contributed by atoms with Gasteiger partial charge in [-0.3, -0.25) is 4.79 Å². The number of hydrogen-bond acceptors (Lipinski definition) is 2. The van der Waals surface area contributed by atoms with Crippen LogP contribution in [0.2, 0.25) is 0 Å². The van der Waals surface area contributed by atoms with Crippen LogP contribution in [0.3, 0.4) is 0 Å². The molecule has 1 unspecified atom stereocenters. The molecule has 0 radical (unpaired) electrons. The Morgan fingerprint density at radius 1 is 1.00 bits per heavy atom. The van der Waals surface area contributed by atoms with E-state index >= 15 is 0 Å². The first-order valence-electron chi connectivity index (χ1n) is 7.60. The zero-order valence-corrected chi connectivity index (χ0v) is 13.6. The van der Waals surface area contributed by atoms with Crippen LogP contribution in [0.1, 0.15) is 41.9 Å². The molecule has 0 heterocycles. The third-order valence-electron chi connectivity index (χ3n) is 4.00. The minimum atomic E-state index is -4.92. The number of ketones is 1. The maximum Gasteiger partial charge on any atom is 0.416 e. The van der Waals surface area contributed by atoms with Gasteiger partial charge in [-0.25, -0.2) is 0 Å². The fourth-order valence-electron chi connectivity index (χ4n) is 2.91. The van der Waals surface area contributed by atoms with Crippen LogP contribution in [0.4, 0.5) is 26.3 Å². The second kappa shape index (κ2) is 6.72. The van der Waals surface area contributed by atoms with Crippen molar-refractivity contribution in [3.05, 3.63) is 46.7 Å². The first-order chi connectivity index (χ1) is 11.4. The van der Waals surface area contributed by atoms with Gasteiger partial charge in [0.05, 0.1) is 11.1 Å². The summed E-state index contributed by atoms with van der Waals surface area (Å²) in [6.45, 7) is 0. The Morgan fingerprint density at radius 3 is 1.96 bits per heavy atom. The standard InChI is InChI=1S/C17H17F6NO/c1-24(2)9-10-4-3-5-14(15(10)25)11-6-12(16(18,19)20)8-13(7-11)17(21,22)23/h6-9,14H,3-5H2,1-2H3. The predicted octanol–water partition coefficient (Wildman–Crippen LogP) is 5.01. The highest BCUT2D eigenvalue weighted by atomic mass is 19.4. The van der Waals surface area contributed by atoms with E-state index in [0.29, 0.717) is 30.5 Å². The fraction of sp³-hybridized carbons (Fsp3) is 0.471. The highest BCUT2D eigenvalue weighted by molar-refractivity contribution is 6.01. The molecule has 2 rings (SSSR count). The van der Waals surface area contributed by atoms with E-state index < -0.39 is 35.2 Å². The molecule has 0 aliphatic heterocycles. The third kappa shape index (κ3) is 4.55. The molecule has 1 aromatic rings. The van der Waals surface area contributed by atoms with E-state index in [2.05, 4.69) is 0 Å². The van der Waals surface area contributed by atoms with Gasteiger partial charge in [-0.15, -0.1) is 0 Å². The zero-order valence-electron chi connectivity index (χ0n) is 13.6. The highest BCUT2D eigenvalue weighted by Gasteiger charge is 2.38. The quantitative estimate of drug-likeness (QED) is 0.543. The lowest BCUT2D eigenvalue weighted by Gasteiger charge is -2.25. The second-order valence-electron chi connectivity index (χ2n) is 6.27. The maximum absolute atomic E-state index is 13.0. The third-order valence-corrected chi connectivity index (χ3v) is 4.00. The predicted molar refractivity (Wildman–Crippen MR) is 79.8 cm³/mol. The average molecular weight is 365 g/mol. The van der Waals surface area contributed by atoms with E-state index in [0.717, 1.165) is 0 Å². The molecule has 138 valence electrons. The molecule has 1 aliphatic rings. The molecule has 1 fully saturated rings. The van der Waals surface area contributed by atoms with Gasteiger partial charge in [-0.1, -0.05) is 0 Å². The number of alkyl halides is 6. The smallest absolute Gasteiger partial charge is 0.383 e. The van der Waals surface area contributed by atoms with Crippen LogP contribution in [0, 0.1) is 0 Å². The molecule has 0 amide bonds. The average Bonchev–Trinajstić information content (AvgIpc) is 2.46. The summed E-state index contributed by atoms with van der Waals surface area (Å²) >= 11 is 0. The summed E-state index contributed by atoms with van der Waals surface area (Å²) in [5.74, 6) is -1.42. The molecule has 25 heavy (non-hydrogen) atoms.